The Labute approximate surface area is 157 Å². The summed E-state index contributed by atoms with van der Waals surface area (Å²) in [6.07, 6.45) is 1.88. The summed E-state index contributed by atoms with van der Waals surface area (Å²) in [6.45, 7) is 0.575. The minimum Gasteiger partial charge on any atom is -0.349 e. The summed E-state index contributed by atoms with van der Waals surface area (Å²) in [6, 6.07) is 25.2. The Bertz CT molecular complexity index is 912. The average molecular weight is 365 g/mol. The van der Waals surface area contributed by atoms with E-state index in [0.29, 0.717) is 11.6 Å². The molecule has 26 heavy (non-hydrogen) atoms. The number of nitrogens with zero attached hydrogens (tertiary/aromatic N) is 2. The van der Waals surface area contributed by atoms with Gasteiger partial charge in [-0.3, -0.25) is 4.99 Å². The molecular formula is C22H18ClFN2. The van der Waals surface area contributed by atoms with Crippen LogP contribution in [0.3, 0.4) is 0 Å². The fourth-order valence-electron chi connectivity index (χ4n) is 3.42. The molecule has 0 aromatic heterocycles. The lowest BCUT2D eigenvalue weighted by Gasteiger charge is -2.29. The van der Waals surface area contributed by atoms with Crippen LogP contribution >= 0.6 is 11.6 Å². The number of aliphatic imine (C=N–C) groups is 1. The zero-order chi connectivity index (χ0) is 17.9. The molecule has 0 amide bonds. The maximum Gasteiger partial charge on any atom is 0.124 e. The molecule has 3 aromatic carbocycles. The van der Waals surface area contributed by atoms with Gasteiger partial charge in [0.05, 0.1) is 12.4 Å². The standard InChI is InChI=1S/C22H18ClFN2/c23-20-13-19(24)12-11-18(20)14-26-15-25-21(16-7-3-1-4-8-16)22(26)17-9-5-2-6-10-17/h1-13,15,21-22H,14H2/t21-,22+/m0/s1. The first-order chi connectivity index (χ1) is 12.7. The molecule has 0 aliphatic carbocycles. The fourth-order valence-corrected chi connectivity index (χ4v) is 3.65. The Kier molecular flexibility index (Phi) is 4.72. The highest BCUT2D eigenvalue weighted by Crippen LogP contribution is 2.41. The van der Waals surface area contributed by atoms with Crippen LogP contribution in [0.4, 0.5) is 4.39 Å². The lowest BCUT2D eigenvalue weighted by atomic mass is 9.93. The molecule has 130 valence electrons. The van der Waals surface area contributed by atoms with Crippen LogP contribution in [-0.2, 0) is 6.54 Å². The van der Waals surface area contributed by atoms with E-state index in [9.17, 15) is 4.39 Å². The van der Waals surface area contributed by atoms with Crippen LogP contribution in [-0.4, -0.2) is 11.2 Å². The molecule has 4 heteroatoms. The number of hydrogen-bond donors (Lipinski definition) is 0. The van der Waals surface area contributed by atoms with Crippen molar-refractivity contribution in [1.82, 2.24) is 4.90 Å². The van der Waals surface area contributed by atoms with E-state index < -0.39 is 0 Å². The van der Waals surface area contributed by atoms with Crippen molar-refractivity contribution in [2.45, 2.75) is 18.6 Å². The molecule has 0 bridgehead atoms. The Morgan fingerprint density at radius 2 is 1.54 bits per heavy atom. The van der Waals surface area contributed by atoms with Gasteiger partial charge in [0.1, 0.15) is 11.9 Å². The molecule has 0 saturated carbocycles. The highest BCUT2D eigenvalue weighted by molar-refractivity contribution is 6.31. The van der Waals surface area contributed by atoms with Crippen LogP contribution in [0.2, 0.25) is 5.02 Å². The van der Waals surface area contributed by atoms with Crippen LogP contribution in [0.1, 0.15) is 28.8 Å². The number of hydrogen-bond acceptors (Lipinski definition) is 2. The molecule has 3 aromatic rings. The van der Waals surface area contributed by atoms with E-state index in [-0.39, 0.29) is 17.9 Å². The highest BCUT2D eigenvalue weighted by atomic mass is 35.5. The van der Waals surface area contributed by atoms with Gasteiger partial charge in [-0.1, -0.05) is 78.3 Å². The van der Waals surface area contributed by atoms with Crippen molar-refractivity contribution >= 4 is 17.9 Å². The molecular weight excluding hydrogens is 347 g/mol. The molecule has 1 aliphatic rings. The number of benzene rings is 3. The monoisotopic (exact) mass is 364 g/mol. The summed E-state index contributed by atoms with van der Waals surface area (Å²) in [5.74, 6) is -0.324. The summed E-state index contributed by atoms with van der Waals surface area (Å²) in [5.41, 5.74) is 3.25. The molecule has 0 spiro atoms. The minimum atomic E-state index is -0.324. The first-order valence-electron chi connectivity index (χ1n) is 8.55. The van der Waals surface area contributed by atoms with E-state index in [1.54, 1.807) is 6.07 Å². The molecule has 2 atom stereocenters. The van der Waals surface area contributed by atoms with Gasteiger partial charge < -0.3 is 4.90 Å². The first-order valence-corrected chi connectivity index (χ1v) is 8.93. The second-order valence-corrected chi connectivity index (χ2v) is 6.79. The van der Waals surface area contributed by atoms with Crippen molar-refractivity contribution in [2.24, 2.45) is 4.99 Å². The zero-order valence-electron chi connectivity index (χ0n) is 14.1. The normalized spacial score (nSPS) is 19.1. The first kappa shape index (κ1) is 16.8. The van der Waals surface area contributed by atoms with Crippen molar-refractivity contribution in [3.8, 4) is 0 Å². The third kappa shape index (κ3) is 3.35. The molecule has 0 unspecified atom stereocenters. The fraction of sp³-hybridized carbons (Fsp3) is 0.136. The topological polar surface area (TPSA) is 15.6 Å². The van der Waals surface area contributed by atoms with Crippen molar-refractivity contribution in [2.75, 3.05) is 0 Å². The van der Waals surface area contributed by atoms with Crippen molar-refractivity contribution in [1.29, 1.82) is 0 Å². The van der Waals surface area contributed by atoms with Crippen molar-refractivity contribution in [3.05, 3.63) is 106 Å². The van der Waals surface area contributed by atoms with Crippen LogP contribution in [0, 0.1) is 5.82 Å². The smallest absolute Gasteiger partial charge is 0.124 e. The summed E-state index contributed by atoms with van der Waals surface area (Å²) in [4.78, 5) is 6.95. The van der Waals surface area contributed by atoms with Crippen LogP contribution in [0.25, 0.3) is 0 Å². The Balaban J connectivity index is 1.68. The molecule has 2 nitrogen and oxygen atoms in total. The van der Waals surface area contributed by atoms with E-state index in [4.69, 9.17) is 16.6 Å². The Hall–Kier alpha value is -2.65. The van der Waals surface area contributed by atoms with Gasteiger partial charge in [0.2, 0.25) is 0 Å². The van der Waals surface area contributed by atoms with Gasteiger partial charge in [-0.2, -0.15) is 0 Å². The predicted molar refractivity (Wildman–Crippen MR) is 104 cm³/mol. The van der Waals surface area contributed by atoms with Gasteiger partial charge in [-0.05, 0) is 28.8 Å². The molecule has 4 rings (SSSR count). The zero-order valence-corrected chi connectivity index (χ0v) is 14.9. The van der Waals surface area contributed by atoms with E-state index in [2.05, 4.69) is 29.2 Å². The molecule has 1 aliphatic heterocycles. The van der Waals surface area contributed by atoms with Gasteiger partial charge >= 0.3 is 0 Å². The molecule has 0 saturated heterocycles. The highest BCUT2D eigenvalue weighted by Gasteiger charge is 2.33. The maximum atomic E-state index is 13.4. The minimum absolute atomic E-state index is 0.0119. The van der Waals surface area contributed by atoms with Gasteiger partial charge in [0.15, 0.2) is 0 Å². The van der Waals surface area contributed by atoms with Crippen LogP contribution in [0.5, 0.6) is 0 Å². The lowest BCUT2D eigenvalue weighted by molar-refractivity contribution is 0.310. The third-order valence-electron chi connectivity index (χ3n) is 4.68. The van der Waals surface area contributed by atoms with Gasteiger partial charge in [-0.25, -0.2) is 4.39 Å². The lowest BCUT2D eigenvalue weighted by Crippen LogP contribution is -2.25. The average Bonchev–Trinajstić information content (AvgIpc) is 3.09. The summed E-state index contributed by atoms with van der Waals surface area (Å²) < 4.78 is 13.4. The van der Waals surface area contributed by atoms with E-state index in [1.807, 2.05) is 42.7 Å². The second-order valence-electron chi connectivity index (χ2n) is 6.38. The van der Waals surface area contributed by atoms with Gasteiger partial charge in [0.25, 0.3) is 0 Å². The maximum absolute atomic E-state index is 13.4. The van der Waals surface area contributed by atoms with E-state index in [1.165, 1.54) is 23.3 Å². The van der Waals surface area contributed by atoms with Crippen molar-refractivity contribution < 1.29 is 4.39 Å². The largest absolute Gasteiger partial charge is 0.349 e. The number of halogens is 2. The molecule has 0 N–H and O–H groups in total. The van der Waals surface area contributed by atoms with Crippen molar-refractivity contribution in [3.63, 3.8) is 0 Å². The molecule has 0 fully saturated rings. The Morgan fingerprint density at radius 3 is 2.19 bits per heavy atom. The summed E-state index contributed by atoms with van der Waals surface area (Å²) in [5, 5.41) is 0.438. The molecule has 0 radical (unpaired) electrons. The quantitative estimate of drug-likeness (QED) is 0.570. The van der Waals surface area contributed by atoms with Gasteiger partial charge in [0, 0.05) is 11.6 Å². The third-order valence-corrected chi connectivity index (χ3v) is 5.03. The summed E-state index contributed by atoms with van der Waals surface area (Å²) in [7, 11) is 0. The van der Waals surface area contributed by atoms with Crippen LogP contribution in [0.15, 0.2) is 83.9 Å². The second kappa shape index (κ2) is 7.30. The predicted octanol–water partition coefficient (Wildman–Crippen LogP) is 5.81. The van der Waals surface area contributed by atoms with E-state index in [0.717, 1.165) is 5.56 Å². The number of rotatable bonds is 4. The Morgan fingerprint density at radius 1 is 0.885 bits per heavy atom. The molecule has 1 heterocycles. The van der Waals surface area contributed by atoms with Gasteiger partial charge in [-0.15, -0.1) is 0 Å². The SMILES string of the molecule is Fc1ccc(CN2C=N[C@@H](c3ccccc3)[C@H]2c2ccccc2)c(Cl)c1. The van der Waals surface area contributed by atoms with Crippen LogP contribution < -0.4 is 0 Å². The van der Waals surface area contributed by atoms with E-state index >= 15 is 0 Å². The summed E-state index contributed by atoms with van der Waals surface area (Å²) >= 11 is 6.24.